The second-order valence-corrected chi connectivity index (χ2v) is 5.04. The molecule has 0 bridgehead atoms. The number of nitrogens with one attached hydrogen (secondary N) is 1. The molecule has 3 nitrogen and oxygen atoms in total. The molecular weight excluding hydrogens is 268 g/mol. The standard InChI is InChI=1S/C13H11F2N3S/c14-10-1-2-12(15)9(5-10)6-16-7-11-8-18-3-4-19-13(18)17-11/h1-5,8,16H,6-7H2. The number of halogens is 2. The number of nitrogens with zero attached hydrogens (tertiary/aromatic N) is 2. The summed E-state index contributed by atoms with van der Waals surface area (Å²) in [5.41, 5.74) is 1.20. The van der Waals surface area contributed by atoms with Gasteiger partial charge in [-0.3, -0.25) is 4.40 Å². The topological polar surface area (TPSA) is 29.3 Å². The van der Waals surface area contributed by atoms with Gasteiger partial charge >= 0.3 is 0 Å². The molecule has 2 aromatic heterocycles. The second-order valence-electron chi connectivity index (χ2n) is 4.16. The van der Waals surface area contributed by atoms with Crippen LogP contribution in [0.4, 0.5) is 8.78 Å². The highest BCUT2D eigenvalue weighted by molar-refractivity contribution is 7.15. The summed E-state index contributed by atoms with van der Waals surface area (Å²) in [6.45, 7) is 0.791. The van der Waals surface area contributed by atoms with Gasteiger partial charge in [-0.1, -0.05) is 0 Å². The van der Waals surface area contributed by atoms with Gasteiger partial charge in [-0.2, -0.15) is 0 Å². The minimum atomic E-state index is -0.430. The van der Waals surface area contributed by atoms with Crippen LogP contribution < -0.4 is 5.32 Å². The largest absolute Gasteiger partial charge is 0.307 e. The van der Waals surface area contributed by atoms with E-state index < -0.39 is 11.6 Å². The Labute approximate surface area is 112 Å². The molecule has 98 valence electrons. The molecule has 1 aromatic carbocycles. The van der Waals surface area contributed by atoms with Gasteiger partial charge in [-0.25, -0.2) is 13.8 Å². The number of benzene rings is 1. The fourth-order valence-electron chi connectivity index (χ4n) is 1.87. The van der Waals surface area contributed by atoms with E-state index in [1.54, 1.807) is 11.3 Å². The van der Waals surface area contributed by atoms with Crippen molar-refractivity contribution in [1.29, 1.82) is 0 Å². The zero-order valence-electron chi connectivity index (χ0n) is 9.94. The van der Waals surface area contributed by atoms with Crippen LogP contribution in [0, 0.1) is 11.6 Å². The van der Waals surface area contributed by atoms with Crippen LogP contribution in [0.5, 0.6) is 0 Å². The van der Waals surface area contributed by atoms with Gasteiger partial charge in [-0.05, 0) is 18.2 Å². The van der Waals surface area contributed by atoms with Gasteiger partial charge in [0.15, 0.2) is 4.96 Å². The van der Waals surface area contributed by atoms with Crippen molar-refractivity contribution in [2.45, 2.75) is 13.1 Å². The number of hydrogen-bond acceptors (Lipinski definition) is 3. The Morgan fingerprint density at radius 3 is 3.00 bits per heavy atom. The Morgan fingerprint density at radius 1 is 1.26 bits per heavy atom. The van der Waals surface area contributed by atoms with E-state index in [9.17, 15) is 8.78 Å². The van der Waals surface area contributed by atoms with Crippen molar-refractivity contribution in [2.75, 3.05) is 0 Å². The minimum absolute atomic E-state index is 0.273. The Morgan fingerprint density at radius 2 is 2.16 bits per heavy atom. The first-order valence-corrected chi connectivity index (χ1v) is 6.66. The number of aromatic nitrogens is 2. The Hall–Kier alpha value is -1.79. The van der Waals surface area contributed by atoms with Crippen LogP contribution in [0.1, 0.15) is 11.3 Å². The molecule has 19 heavy (non-hydrogen) atoms. The molecule has 0 radical (unpaired) electrons. The molecule has 3 rings (SSSR count). The maximum Gasteiger partial charge on any atom is 0.193 e. The summed E-state index contributed by atoms with van der Waals surface area (Å²) in [6.07, 6.45) is 3.85. The van der Waals surface area contributed by atoms with E-state index in [0.29, 0.717) is 12.1 Å². The van der Waals surface area contributed by atoms with Crippen molar-refractivity contribution in [3.8, 4) is 0 Å². The molecule has 6 heteroatoms. The molecule has 1 N–H and O–H groups in total. The first-order chi connectivity index (χ1) is 9.22. The zero-order chi connectivity index (χ0) is 13.2. The van der Waals surface area contributed by atoms with Gasteiger partial charge in [-0.15, -0.1) is 11.3 Å². The number of imidazole rings is 1. The third kappa shape index (κ3) is 2.64. The lowest BCUT2D eigenvalue weighted by Gasteiger charge is -2.04. The molecule has 0 aliphatic carbocycles. The normalized spacial score (nSPS) is 11.3. The number of fused-ring (bicyclic) bond motifs is 1. The van der Waals surface area contributed by atoms with Crippen LogP contribution in [-0.2, 0) is 13.1 Å². The zero-order valence-corrected chi connectivity index (χ0v) is 10.8. The van der Waals surface area contributed by atoms with Gasteiger partial charge in [0, 0.05) is 36.4 Å². The molecule has 0 unspecified atom stereocenters. The quantitative estimate of drug-likeness (QED) is 0.795. The molecule has 3 aromatic rings. The van der Waals surface area contributed by atoms with Gasteiger partial charge < -0.3 is 5.32 Å². The molecule has 0 aliphatic rings. The fourth-order valence-corrected chi connectivity index (χ4v) is 2.58. The predicted octanol–water partition coefficient (Wildman–Crippen LogP) is 2.96. The van der Waals surface area contributed by atoms with E-state index >= 15 is 0 Å². The van der Waals surface area contributed by atoms with E-state index in [4.69, 9.17) is 0 Å². The van der Waals surface area contributed by atoms with Gasteiger partial charge in [0.1, 0.15) is 11.6 Å². The van der Waals surface area contributed by atoms with Crippen molar-refractivity contribution >= 4 is 16.3 Å². The van der Waals surface area contributed by atoms with Crippen LogP contribution in [-0.4, -0.2) is 9.38 Å². The van der Waals surface area contributed by atoms with Crippen molar-refractivity contribution in [3.63, 3.8) is 0 Å². The van der Waals surface area contributed by atoms with Gasteiger partial charge in [0.2, 0.25) is 0 Å². The Balaban J connectivity index is 1.63. The summed E-state index contributed by atoms with van der Waals surface area (Å²) < 4.78 is 28.3. The fraction of sp³-hybridized carbons (Fsp3) is 0.154. The molecule has 0 saturated carbocycles. The van der Waals surface area contributed by atoms with Gasteiger partial charge in [0.25, 0.3) is 0 Å². The van der Waals surface area contributed by atoms with E-state index in [1.807, 2.05) is 22.2 Å². The van der Waals surface area contributed by atoms with E-state index in [0.717, 1.165) is 22.8 Å². The van der Waals surface area contributed by atoms with Crippen LogP contribution in [0.3, 0.4) is 0 Å². The molecule has 0 saturated heterocycles. The molecular formula is C13H11F2N3S. The monoisotopic (exact) mass is 279 g/mol. The smallest absolute Gasteiger partial charge is 0.193 e. The van der Waals surface area contributed by atoms with Crippen molar-refractivity contribution in [2.24, 2.45) is 0 Å². The summed E-state index contributed by atoms with van der Waals surface area (Å²) in [5, 5.41) is 5.02. The highest BCUT2D eigenvalue weighted by Gasteiger charge is 2.05. The lowest BCUT2D eigenvalue weighted by Crippen LogP contribution is -2.14. The van der Waals surface area contributed by atoms with E-state index in [2.05, 4.69) is 10.3 Å². The first kappa shape index (κ1) is 12.3. The maximum atomic E-state index is 13.4. The average molecular weight is 279 g/mol. The molecule has 0 atom stereocenters. The minimum Gasteiger partial charge on any atom is -0.307 e. The van der Waals surface area contributed by atoms with Gasteiger partial charge in [0.05, 0.1) is 5.69 Å². The summed E-state index contributed by atoms with van der Waals surface area (Å²) in [6, 6.07) is 3.45. The van der Waals surface area contributed by atoms with Crippen LogP contribution >= 0.6 is 11.3 Å². The number of thiazole rings is 1. The SMILES string of the molecule is Fc1ccc(F)c(CNCc2cn3ccsc3n2)c1. The third-order valence-corrected chi connectivity index (χ3v) is 3.54. The summed E-state index contributed by atoms with van der Waals surface area (Å²) in [7, 11) is 0. The Kier molecular flexibility index (Phi) is 3.27. The lowest BCUT2D eigenvalue weighted by atomic mass is 10.2. The van der Waals surface area contributed by atoms with Crippen LogP contribution in [0.2, 0.25) is 0 Å². The first-order valence-electron chi connectivity index (χ1n) is 5.78. The molecule has 0 fully saturated rings. The molecule has 0 amide bonds. The summed E-state index contributed by atoms with van der Waals surface area (Å²) in [5.74, 6) is -0.833. The highest BCUT2D eigenvalue weighted by Crippen LogP contribution is 2.12. The van der Waals surface area contributed by atoms with Crippen molar-refractivity contribution < 1.29 is 8.78 Å². The van der Waals surface area contributed by atoms with E-state index in [1.165, 1.54) is 6.07 Å². The van der Waals surface area contributed by atoms with Crippen molar-refractivity contribution in [3.05, 3.63) is 58.9 Å². The number of hydrogen-bond donors (Lipinski definition) is 1. The molecule has 0 aliphatic heterocycles. The van der Waals surface area contributed by atoms with Crippen LogP contribution in [0.25, 0.3) is 4.96 Å². The second kappa shape index (κ2) is 5.07. The lowest BCUT2D eigenvalue weighted by molar-refractivity contribution is 0.567. The molecule has 2 heterocycles. The van der Waals surface area contributed by atoms with Crippen molar-refractivity contribution in [1.82, 2.24) is 14.7 Å². The number of rotatable bonds is 4. The summed E-state index contributed by atoms with van der Waals surface area (Å²) in [4.78, 5) is 5.32. The third-order valence-electron chi connectivity index (χ3n) is 2.77. The average Bonchev–Trinajstić information content (AvgIpc) is 2.94. The highest BCUT2D eigenvalue weighted by atomic mass is 32.1. The Bertz CT molecular complexity index is 676. The van der Waals surface area contributed by atoms with E-state index in [-0.39, 0.29) is 6.54 Å². The summed E-state index contributed by atoms with van der Waals surface area (Å²) >= 11 is 1.56. The van der Waals surface area contributed by atoms with Crippen LogP contribution in [0.15, 0.2) is 36.0 Å². The maximum absolute atomic E-state index is 13.4. The molecule has 0 spiro atoms. The predicted molar refractivity (Wildman–Crippen MR) is 70.0 cm³/mol.